The minimum absolute atomic E-state index is 0.0868. The highest BCUT2D eigenvalue weighted by Crippen LogP contribution is 1.92. The first-order chi connectivity index (χ1) is 3.84. The summed E-state index contributed by atoms with van der Waals surface area (Å²) in [6.45, 7) is 1.07. The summed E-state index contributed by atoms with van der Waals surface area (Å²) >= 11 is 0. The van der Waals surface area contributed by atoms with Crippen molar-refractivity contribution in [2.24, 2.45) is 0 Å². The molecule has 0 aromatic carbocycles. The molecule has 1 aliphatic heterocycles. The van der Waals surface area contributed by atoms with E-state index in [9.17, 15) is 4.79 Å². The molecule has 0 radical (unpaired) electrons. The first-order valence-electron chi connectivity index (χ1n) is 2.76. The fourth-order valence-electron chi connectivity index (χ4n) is 0.699. The van der Waals surface area contributed by atoms with E-state index < -0.39 is 0 Å². The van der Waals surface area contributed by atoms with E-state index in [1.54, 1.807) is 0 Å². The second-order valence-electron chi connectivity index (χ2n) is 1.94. The number of carbonyl (C=O) groups excluding carboxylic acids is 1. The van der Waals surface area contributed by atoms with Crippen LogP contribution in [0.1, 0.15) is 6.42 Å². The summed E-state index contributed by atoms with van der Waals surface area (Å²) in [6, 6.07) is 0.111. The summed E-state index contributed by atoms with van der Waals surface area (Å²) in [6.07, 6.45) is 0.979. The third-order valence-electron chi connectivity index (χ3n) is 1.43. The topological polar surface area (TPSA) is 42.9 Å². The summed E-state index contributed by atoms with van der Waals surface area (Å²) in [5.74, 6) is -0.0868. The molecule has 0 amide bonds. The SMILES string of the molecule is COC(=O)[C@@H]1CC[NH2+]1. The molecule has 1 rings (SSSR count). The maximum absolute atomic E-state index is 10.5. The Labute approximate surface area is 48.0 Å². The van der Waals surface area contributed by atoms with Crippen LogP contribution in [0, 0.1) is 0 Å². The third kappa shape index (κ3) is 0.816. The molecule has 0 aromatic heterocycles. The molecule has 0 aliphatic carbocycles. The smallest absolute Gasteiger partial charge is 0.364 e. The molecule has 0 saturated carbocycles. The normalized spacial score (nSPS) is 26.4. The summed E-state index contributed by atoms with van der Waals surface area (Å²) < 4.78 is 4.48. The monoisotopic (exact) mass is 116 g/mol. The van der Waals surface area contributed by atoms with Crippen LogP contribution in [0.2, 0.25) is 0 Å². The number of esters is 1. The predicted octanol–water partition coefficient (Wildman–Crippen LogP) is -1.50. The second-order valence-corrected chi connectivity index (χ2v) is 1.94. The molecule has 1 heterocycles. The van der Waals surface area contributed by atoms with Crippen molar-refractivity contribution in [1.29, 1.82) is 0 Å². The Kier molecular flexibility index (Phi) is 1.48. The fraction of sp³-hybridized carbons (Fsp3) is 0.800. The molecule has 0 spiro atoms. The highest BCUT2D eigenvalue weighted by molar-refractivity contribution is 5.74. The standard InChI is InChI=1S/C5H9NO2/c1-8-5(7)4-2-3-6-4/h4,6H,2-3H2,1H3/p+1/t4-/m0/s1. The maximum Gasteiger partial charge on any atom is 0.364 e. The van der Waals surface area contributed by atoms with Crippen LogP contribution < -0.4 is 5.32 Å². The van der Waals surface area contributed by atoms with Gasteiger partial charge in [-0.15, -0.1) is 0 Å². The van der Waals surface area contributed by atoms with E-state index in [1.165, 1.54) is 7.11 Å². The lowest BCUT2D eigenvalue weighted by atomic mass is 10.1. The molecule has 3 nitrogen and oxygen atoms in total. The summed E-state index contributed by atoms with van der Waals surface area (Å²) in [5, 5.41) is 1.98. The number of quaternary nitrogens is 1. The zero-order valence-corrected chi connectivity index (χ0v) is 4.89. The van der Waals surface area contributed by atoms with Gasteiger partial charge in [0.15, 0.2) is 6.04 Å². The van der Waals surface area contributed by atoms with Gasteiger partial charge in [0.2, 0.25) is 0 Å². The lowest BCUT2D eigenvalue weighted by Gasteiger charge is -2.19. The van der Waals surface area contributed by atoms with Crippen LogP contribution >= 0.6 is 0 Å². The van der Waals surface area contributed by atoms with Crippen LogP contribution in [0.5, 0.6) is 0 Å². The quantitative estimate of drug-likeness (QED) is 0.423. The second kappa shape index (κ2) is 2.13. The van der Waals surface area contributed by atoms with Crippen molar-refractivity contribution in [2.45, 2.75) is 12.5 Å². The van der Waals surface area contributed by atoms with Crippen LogP contribution in [0.3, 0.4) is 0 Å². The minimum Gasteiger partial charge on any atom is -0.465 e. The zero-order valence-electron chi connectivity index (χ0n) is 4.89. The fourth-order valence-corrected chi connectivity index (χ4v) is 0.699. The van der Waals surface area contributed by atoms with E-state index >= 15 is 0 Å². The molecular formula is C5H10NO2+. The van der Waals surface area contributed by atoms with Gasteiger partial charge in [-0.05, 0) is 0 Å². The van der Waals surface area contributed by atoms with E-state index in [2.05, 4.69) is 4.74 Å². The van der Waals surface area contributed by atoms with Crippen molar-refractivity contribution < 1.29 is 14.8 Å². The Bertz CT molecular complexity index is 98.6. The van der Waals surface area contributed by atoms with Gasteiger partial charge in [-0.1, -0.05) is 0 Å². The van der Waals surface area contributed by atoms with Gasteiger partial charge in [-0.2, -0.15) is 0 Å². The summed E-state index contributed by atoms with van der Waals surface area (Å²) in [5.41, 5.74) is 0. The van der Waals surface area contributed by atoms with Gasteiger partial charge in [0.1, 0.15) is 0 Å². The number of nitrogens with two attached hydrogens (primary N) is 1. The Morgan fingerprint density at radius 3 is 2.62 bits per heavy atom. The number of ether oxygens (including phenoxy) is 1. The van der Waals surface area contributed by atoms with E-state index in [0.29, 0.717) is 0 Å². The molecule has 0 bridgehead atoms. The van der Waals surface area contributed by atoms with Crippen molar-refractivity contribution in [1.82, 2.24) is 0 Å². The predicted molar refractivity (Wildman–Crippen MR) is 27.2 cm³/mol. The van der Waals surface area contributed by atoms with Gasteiger partial charge >= 0.3 is 5.97 Å². The molecule has 46 valence electrons. The molecule has 0 unspecified atom stereocenters. The summed E-state index contributed by atoms with van der Waals surface area (Å²) in [4.78, 5) is 10.5. The maximum atomic E-state index is 10.5. The lowest BCUT2D eigenvalue weighted by Crippen LogP contribution is -3.00. The average molecular weight is 116 g/mol. The van der Waals surface area contributed by atoms with E-state index in [-0.39, 0.29) is 12.0 Å². The number of hydrogen-bond acceptors (Lipinski definition) is 2. The van der Waals surface area contributed by atoms with Crippen molar-refractivity contribution in [3.8, 4) is 0 Å². The van der Waals surface area contributed by atoms with Crippen LogP contribution in [-0.4, -0.2) is 25.7 Å². The molecule has 1 saturated heterocycles. The van der Waals surface area contributed by atoms with Crippen LogP contribution in [0.25, 0.3) is 0 Å². The van der Waals surface area contributed by atoms with Crippen LogP contribution in [0.4, 0.5) is 0 Å². The Morgan fingerprint density at radius 2 is 2.50 bits per heavy atom. The minimum atomic E-state index is -0.0868. The van der Waals surface area contributed by atoms with Gasteiger partial charge in [0, 0.05) is 0 Å². The average Bonchev–Trinajstić information content (AvgIpc) is 1.62. The number of hydrogen-bond donors (Lipinski definition) is 1. The lowest BCUT2D eigenvalue weighted by molar-refractivity contribution is -0.730. The molecule has 2 N–H and O–H groups in total. The first-order valence-corrected chi connectivity index (χ1v) is 2.76. The van der Waals surface area contributed by atoms with E-state index in [0.717, 1.165) is 13.0 Å². The van der Waals surface area contributed by atoms with Crippen LogP contribution in [-0.2, 0) is 9.53 Å². The Balaban J connectivity index is 2.24. The van der Waals surface area contributed by atoms with Gasteiger partial charge in [-0.3, -0.25) is 0 Å². The number of methoxy groups -OCH3 is 1. The van der Waals surface area contributed by atoms with E-state index in [4.69, 9.17) is 0 Å². The third-order valence-corrected chi connectivity index (χ3v) is 1.43. The van der Waals surface area contributed by atoms with Crippen LogP contribution in [0.15, 0.2) is 0 Å². The van der Waals surface area contributed by atoms with E-state index in [1.807, 2.05) is 5.32 Å². The van der Waals surface area contributed by atoms with Gasteiger partial charge in [0.05, 0.1) is 20.1 Å². The largest absolute Gasteiger partial charge is 0.465 e. The van der Waals surface area contributed by atoms with Gasteiger partial charge in [0.25, 0.3) is 0 Å². The van der Waals surface area contributed by atoms with Crippen molar-refractivity contribution in [2.75, 3.05) is 13.7 Å². The Hall–Kier alpha value is -0.570. The van der Waals surface area contributed by atoms with Crippen molar-refractivity contribution in [3.05, 3.63) is 0 Å². The summed E-state index contributed by atoms with van der Waals surface area (Å²) in [7, 11) is 1.43. The molecule has 8 heavy (non-hydrogen) atoms. The first kappa shape index (κ1) is 5.56. The number of rotatable bonds is 1. The van der Waals surface area contributed by atoms with Crippen molar-refractivity contribution >= 4 is 5.97 Å². The highest BCUT2D eigenvalue weighted by atomic mass is 16.5. The van der Waals surface area contributed by atoms with Crippen molar-refractivity contribution in [3.63, 3.8) is 0 Å². The molecular weight excluding hydrogens is 106 g/mol. The highest BCUT2D eigenvalue weighted by Gasteiger charge is 2.29. The molecule has 1 atom stereocenters. The number of carbonyl (C=O) groups is 1. The molecule has 1 aliphatic rings. The molecule has 3 heteroatoms. The van der Waals surface area contributed by atoms with Gasteiger partial charge in [-0.25, -0.2) is 4.79 Å². The van der Waals surface area contributed by atoms with Gasteiger partial charge < -0.3 is 10.1 Å². The molecule has 1 fully saturated rings. The Morgan fingerprint density at radius 1 is 1.88 bits per heavy atom. The zero-order chi connectivity index (χ0) is 5.98. The molecule has 0 aromatic rings.